The molecule has 0 aromatic rings. The molecule has 0 aromatic heterocycles. The molecule has 3 heterocycles. The highest BCUT2D eigenvalue weighted by Crippen LogP contribution is 2.33. The fourth-order valence-electron chi connectivity index (χ4n) is 5.73. The maximum Gasteiger partial charge on any atom is 0.315 e. The molecule has 10 N–H and O–H groups in total. The number of unbranched alkanes of at least 4 members (excludes halogenated alkanes) is 3. The van der Waals surface area contributed by atoms with Gasteiger partial charge in [0.05, 0.1) is 31.9 Å². The van der Waals surface area contributed by atoms with Crippen molar-refractivity contribution in [3.8, 4) is 0 Å². The van der Waals surface area contributed by atoms with E-state index in [1.165, 1.54) is 6.92 Å². The molecule has 3 aliphatic heterocycles. The minimum Gasteiger partial charge on any atom is -0.395 e. The third kappa shape index (κ3) is 12.3. The van der Waals surface area contributed by atoms with Crippen molar-refractivity contribution in [1.29, 1.82) is 0 Å². The summed E-state index contributed by atoms with van der Waals surface area (Å²) in [6.45, 7) is 0.185. The van der Waals surface area contributed by atoms with Gasteiger partial charge in [-0.15, -0.1) is 0 Å². The van der Waals surface area contributed by atoms with Gasteiger partial charge in [-0.2, -0.15) is 11.8 Å². The Morgan fingerprint density at radius 3 is 2.45 bits per heavy atom. The average molecular weight is 691 g/mol. The summed E-state index contributed by atoms with van der Waals surface area (Å²) in [5.74, 6) is -0.740. The number of aliphatic hydroxyl groups is 4. The van der Waals surface area contributed by atoms with Crippen molar-refractivity contribution >= 4 is 41.4 Å². The Balaban J connectivity index is 1.33. The van der Waals surface area contributed by atoms with E-state index in [1.54, 1.807) is 0 Å². The quantitative estimate of drug-likeness (QED) is 0.0452. The normalized spacial score (nSPS) is 28.8. The second-order valence-electron chi connectivity index (χ2n) is 11.9. The minimum atomic E-state index is -1.54. The largest absolute Gasteiger partial charge is 0.395 e. The molecule has 0 bridgehead atoms. The van der Waals surface area contributed by atoms with Crippen molar-refractivity contribution in [1.82, 2.24) is 31.9 Å². The Morgan fingerprint density at radius 2 is 1.72 bits per heavy atom. The second-order valence-corrected chi connectivity index (χ2v) is 13.2. The van der Waals surface area contributed by atoms with Gasteiger partial charge < -0.3 is 61.8 Å². The Morgan fingerprint density at radius 1 is 0.979 bits per heavy atom. The van der Waals surface area contributed by atoms with Crippen molar-refractivity contribution < 1.29 is 53.9 Å². The molecular weight excluding hydrogens is 640 g/mol. The molecular formula is C29H50N6O11S. The molecule has 3 rings (SSSR count). The van der Waals surface area contributed by atoms with E-state index in [0.29, 0.717) is 37.5 Å². The first kappa shape index (κ1) is 38.7. The Kier molecular flexibility index (Phi) is 16.4. The lowest BCUT2D eigenvalue weighted by atomic mass is 9.97. The Labute approximate surface area is 278 Å². The van der Waals surface area contributed by atoms with E-state index in [4.69, 9.17) is 14.6 Å². The van der Waals surface area contributed by atoms with Gasteiger partial charge in [-0.25, -0.2) is 4.79 Å². The average Bonchev–Trinajstić information content (AvgIpc) is 3.59. The van der Waals surface area contributed by atoms with Gasteiger partial charge in [0.25, 0.3) is 0 Å². The van der Waals surface area contributed by atoms with Crippen molar-refractivity contribution in [2.45, 2.75) is 112 Å². The zero-order valence-electron chi connectivity index (χ0n) is 26.7. The maximum absolute atomic E-state index is 12.7. The number of nitrogens with one attached hydrogen (secondary N) is 6. The number of fused-ring (bicyclic) bond motifs is 1. The molecule has 0 unspecified atom stereocenters. The molecule has 0 spiro atoms. The lowest BCUT2D eigenvalue weighted by Crippen LogP contribution is -2.65. The summed E-state index contributed by atoms with van der Waals surface area (Å²) in [5, 5.41) is 55.8. The molecule has 268 valence electrons. The highest BCUT2D eigenvalue weighted by molar-refractivity contribution is 8.00. The predicted molar refractivity (Wildman–Crippen MR) is 169 cm³/mol. The molecule has 0 aromatic carbocycles. The van der Waals surface area contributed by atoms with Crippen LogP contribution in [0.5, 0.6) is 0 Å². The van der Waals surface area contributed by atoms with Crippen molar-refractivity contribution in [3.63, 3.8) is 0 Å². The lowest BCUT2D eigenvalue weighted by molar-refractivity contribution is -0.271. The van der Waals surface area contributed by atoms with Gasteiger partial charge in [0, 0.05) is 43.9 Å². The van der Waals surface area contributed by atoms with Crippen molar-refractivity contribution in [2.24, 2.45) is 0 Å². The standard InChI is InChI=1S/C29H50N6O11S/c1-16(38)32-24-26(42)25(41)19(13-37)46-28(24)45-14-17(27(43)31-11-12-36)33-22(40)9-3-2-6-10-30-21(39)8-5-4-7-20-23-18(15-47-20)34-29(44)35-23/h17-20,23-26,28,36-37,41-42H,2-15H2,1H3,(H,30,39)(H,31,43)(H,32,38)(H,33,40)(H2,34,35,44)/t17-,18-,19+,20-,23-,24+,25-,26+,28-/m0/s1. The zero-order chi connectivity index (χ0) is 34.3. The number of carbonyl (C=O) groups is 5. The van der Waals surface area contributed by atoms with Crippen LogP contribution in [0.15, 0.2) is 0 Å². The Bertz CT molecular complexity index is 1060. The van der Waals surface area contributed by atoms with Crippen LogP contribution in [0.1, 0.15) is 58.3 Å². The number of amides is 6. The first-order valence-electron chi connectivity index (χ1n) is 16.2. The number of urea groups is 1. The molecule has 6 amide bonds. The van der Waals surface area contributed by atoms with Crippen LogP contribution in [-0.2, 0) is 28.7 Å². The molecule has 47 heavy (non-hydrogen) atoms. The van der Waals surface area contributed by atoms with Gasteiger partial charge in [0.15, 0.2) is 6.29 Å². The summed E-state index contributed by atoms with van der Waals surface area (Å²) < 4.78 is 11.2. The molecule has 18 heteroatoms. The molecule has 17 nitrogen and oxygen atoms in total. The van der Waals surface area contributed by atoms with Gasteiger partial charge in [0.1, 0.15) is 30.4 Å². The smallest absolute Gasteiger partial charge is 0.315 e. The van der Waals surface area contributed by atoms with E-state index < -0.39 is 67.6 Å². The van der Waals surface area contributed by atoms with Gasteiger partial charge in [-0.3, -0.25) is 19.2 Å². The van der Waals surface area contributed by atoms with E-state index in [1.807, 2.05) is 11.8 Å². The van der Waals surface area contributed by atoms with Crippen LogP contribution < -0.4 is 31.9 Å². The first-order valence-corrected chi connectivity index (χ1v) is 17.2. The predicted octanol–water partition coefficient (Wildman–Crippen LogP) is -3.06. The zero-order valence-corrected chi connectivity index (χ0v) is 27.5. The summed E-state index contributed by atoms with van der Waals surface area (Å²) >= 11 is 1.85. The number of aliphatic hydroxyl groups excluding tert-OH is 4. The summed E-state index contributed by atoms with van der Waals surface area (Å²) in [5.41, 5.74) is 0. The highest BCUT2D eigenvalue weighted by Gasteiger charge is 2.46. The fourth-order valence-corrected chi connectivity index (χ4v) is 7.28. The highest BCUT2D eigenvalue weighted by atomic mass is 32.2. The van der Waals surface area contributed by atoms with E-state index in [9.17, 15) is 39.3 Å². The second kappa shape index (κ2) is 19.9. The lowest BCUT2D eigenvalue weighted by Gasteiger charge is -2.42. The van der Waals surface area contributed by atoms with Crippen LogP contribution in [0.2, 0.25) is 0 Å². The third-order valence-corrected chi connectivity index (χ3v) is 9.73. The Hall–Kier alpha value is -2.74. The minimum absolute atomic E-state index is 0.0257. The monoisotopic (exact) mass is 690 g/mol. The van der Waals surface area contributed by atoms with Crippen LogP contribution in [0.4, 0.5) is 4.79 Å². The van der Waals surface area contributed by atoms with Gasteiger partial charge in [0.2, 0.25) is 23.6 Å². The van der Waals surface area contributed by atoms with E-state index in [2.05, 4.69) is 31.9 Å². The number of hydrogen-bond acceptors (Lipinski definition) is 12. The van der Waals surface area contributed by atoms with Crippen LogP contribution >= 0.6 is 11.8 Å². The number of hydrogen-bond donors (Lipinski definition) is 10. The van der Waals surface area contributed by atoms with Crippen molar-refractivity contribution in [3.05, 3.63) is 0 Å². The van der Waals surface area contributed by atoms with Crippen LogP contribution in [-0.4, -0.2) is 143 Å². The van der Waals surface area contributed by atoms with Crippen molar-refractivity contribution in [2.75, 3.05) is 38.7 Å². The van der Waals surface area contributed by atoms with Crippen LogP contribution in [0, 0.1) is 0 Å². The fraction of sp³-hybridized carbons (Fsp3) is 0.828. The topological polar surface area (TPSA) is 257 Å². The van der Waals surface area contributed by atoms with E-state index in [-0.39, 0.29) is 43.6 Å². The molecule has 0 radical (unpaired) electrons. The van der Waals surface area contributed by atoms with Gasteiger partial charge >= 0.3 is 6.03 Å². The number of ether oxygens (including phenoxy) is 2. The number of carbonyl (C=O) groups excluding carboxylic acids is 5. The SMILES string of the molecule is CC(=O)N[C@H]1[C@@H](OC[C@H](NC(=O)CCCCCNC(=O)CCCC[C@@H]2SC[C@@H]3NC(=O)N[C@@H]32)C(=O)NCCO)O[C@H](CO)[C@H](O)[C@@H]1O. The van der Waals surface area contributed by atoms with Crippen LogP contribution in [0.3, 0.4) is 0 Å². The summed E-state index contributed by atoms with van der Waals surface area (Å²) in [6, 6.07) is -2.18. The summed E-state index contributed by atoms with van der Waals surface area (Å²) in [4.78, 5) is 60.7. The molecule has 0 aliphatic carbocycles. The van der Waals surface area contributed by atoms with Gasteiger partial charge in [-0.1, -0.05) is 12.8 Å². The molecule has 3 aliphatic rings. The molecule has 0 saturated carbocycles. The summed E-state index contributed by atoms with van der Waals surface area (Å²) in [6.07, 6.45) is -0.657. The third-order valence-electron chi connectivity index (χ3n) is 8.22. The van der Waals surface area contributed by atoms with Gasteiger partial charge in [-0.05, 0) is 25.7 Å². The maximum atomic E-state index is 12.7. The van der Waals surface area contributed by atoms with Crippen LogP contribution in [0.25, 0.3) is 0 Å². The molecule has 3 saturated heterocycles. The first-order chi connectivity index (χ1) is 22.5. The summed E-state index contributed by atoms with van der Waals surface area (Å²) in [7, 11) is 0. The van der Waals surface area contributed by atoms with E-state index in [0.717, 1.165) is 25.0 Å². The van der Waals surface area contributed by atoms with E-state index >= 15 is 0 Å². The molecule has 3 fully saturated rings. The number of rotatable bonds is 20. The molecule has 9 atom stereocenters. The number of thioether (sulfide) groups is 1.